The topological polar surface area (TPSA) is 127 Å². The Balaban J connectivity index is 4.34. The second-order valence-corrected chi connectivity index (χ2v) is 1.89. The van der Waals surface area contributed by atoms with Crippen molar-refractivity contribution in [1.29, 1.82) is 0 Å². The number of hydrogen-bond donors (Lipinski definition) is 2. The molecule has 0 spiro atoms. The maximum Gasteiger partial charge on any atom is 0.409 e. The number of aliphatic hydroxyl groups is 2. The Bertz CT molecular complexity index is 181. The summed E-state index contributed by atoms with van der Waals surface area (Å²) in [6, 6.07) is 0. The molecule has 0 aliphatic rings. The molecule has 0 aliphatic carbocycles. The fraction of sp³-hybridized carbons (Fsp3) is 1.00. The average Bonchev–Trinajstić information content (AvgIpc) is 1.86. The lowest BCUT2D eigenvalue weighted by molar-refractivity contribution is -0.674. The smallest absolute Gasteiger partial charge is 0.386 e. The number of hydrogen-bond acceptors (Lipinski definition) is 6. The Labute approximate surface area is 60.4 Å². The van der Waals surface area contributed by atoms with Crippen molar-refractivity contribution < 1.29 is 20.1 Å². The molecule has 0 fully saturated rings. The zero-order chi connectivity index (χ0) is 9.07. The molecule has 1 atom stereocenters. The number of nitrogens with zero attached hydrogens (tertiary/aromatic N) is 2. The third-order valence-corrected chi connectivity index (χ3v) is 0.975. The van der Waals surface area contributed by atoms with Crippen LogP contribution in [-0.2, 0) is 0 Å². The fourth-order valence-electron chi connectivity index (χ4n) is 0.372. The van der Waals surface area contributed by atoms with E-state index < -0.39 is 28.7 Å². The molecule has 2 N–H and O–H groups in total. The largest absolute Gasteiger partial charge is 0.409 e. The lowest BCUT2D eigenvalue weighted by Crippen LogP contribution is -2.48. The van der Waals surface area contributed by atoms with E-state index in [2.05, 4.69) is 0 Å². The van der Waals surface area contributed by atoms with Crippen LogP contribution in [0.1, 0.15) is 0 Å². The van der Waals surface area contributed by atoms with Gasteiger partial charge in [0.05, 0.1) is 4.92 Å². The van der Waals surface area contributed by atoms with Crippen LogP contribution in [0.15, 0.2) is 0 Å². The summed E-state index contributed by atoms with van der Waals surface area (Å²) < 4.78 is 0. The first kappa shape index (κ1) is 9.72. The predicted octanol–water partition coefficient (Wildman–Crippen LogP) is -1.78. The van der Waals surface area contributed by atoms with E-state index in [9.17, 15) is 20.2 Å². The van der Waals surface area contributed by atoms with Crippen LogP contribution in [0.4, 0.5) is 0 Å². The van der Waals surface area contributed by atoms with E-state index in [1.165, 1.54) is 0 Å². The third-order valence-electron chi connectivity index (χ3n) is 0.975. The van der Waals surface area contributed by atoms with E-state index >= 15 is 0 Å². The zero-order valence-electron chi connectivity index (χ0n) is 5.34. The molecule has 0 saturated carbocycles. The molecule has 1 unspecified atom stereocenters. The van der Waals surface area contributed by atoms with Gasteiger partial charge in [0.15, 0.2) is 0 Å². The molecule has 0 aliphatic heterocycles. The highest BCUT2D eigenvalue weighted by Gasteiger charge is 2.45. The third kappa shape index (κ3) is 2.43. The van der Waals surface area contributed by atoms with Gasteiger partial charge in [0, 0.05) is 4.92 Å². The summed E-state index contributed by atoms with van der Waals surface area (Å²) in [7, 11) is 0. The highest BCUT2D eigenvalue weighted by atomic mass is 16.7. The average molecular weight is 166 g/mol. The Hall–Kier alpha value is -1.28. The highest BCUT2D eigenvalue weighted by molar-refractivity contribution is 4.61. The van der Waals surface area contributed by atoms with E-state index in [0.717, 1.165) is 0 Å². The summed E-state index contributed by atoms with van der Waals surface area (Å²) in [4.78, 5) is 17.2. The quantitative estimate of drug-likeness (QED) is 0.288. The minimum Gasteiger partial charge on any atom is -0.386 e. The van der Waals surface area contributed by atoms with Crippen molar-refractivity contribution in [2.45, 2.75) is 5.72 Å². The van der Waals surface area contributed by atoms with Crippen LogP contribution in [0, 0.1) is 20.2 Å². The molecule has 0 heterocycles. The van der Waals surface area contributed by atoms with Gasteiger partial charge >= 0.3 is 12.3 Å². The van der Waals surface area contributed by atoms with Gasteiger partial charge in [0.2, 0.25) is 0 Å². The van der Waals surface area contributed by atoms with Crippen LogP contribution in [0.5, 0.6) is 0 Å². The first-order chi connectivity index (χ1) is 4.92. The predicted molar refractivity (Wildman–Crippen MR) is 30.9 cm³/mol. The van der Waals surface area contributed by atoms with Gasteiger partial charge in [0.1, 0.15) is 6.61 Å². The van der Waals surface area contributed by atoms with Crippen molar-refractivity contribution in [1.82, 2.24) is 0 Å². The van der Waals surface area contributed by atoms with Gasteiger partial charge in [-0.2, -0.15) is 0 Å². The normalized spacial score (nSPS) is 15.5. The van der Waals surface area contributed by atoms with Crippen LogP contribution in [0.25, 0.3) is 0 Å². The Morgan fingerprint density at radius 1 is 1.36 bits per heavy atom. The zero-order valence-corrected chi connectivity index (χ0v) is 5.34. The van der Waals surface area contributed by atoms with Crippen LogP contribution in [0.2, 0.25) is 0 Å². The van der Waals surface area contributed by atoms with Gasteiger partial charge in [-0.3, -0.25) is 20.2 Å². The monoisotopic (exact) mass is 166 g/mol. The molecule has 0 saturated heterocycles. The molecule has 64 valence electrons. The molecule has 0 aromatic carbocycles. The van der Waals surface area contributed by atoms with Crippen molar-refractivity contribution >= 4 is 0 Å². The maximum atomic E-state index is 9.88. The van der Waals surface area contributed by atoms with Crippen molar-refractivity contribution in [2.75, 3.05) is 13.2 Å². The van der Waals surface area contributed by atoms with Gasteiger partial charge in [-0.25, -0.2) is 0 Å². The van der Waals surface area contributed by atoms with Gasteiger partial charge in [-0.15, -0.1) is 0 Å². The maximum absolute atomic E-state index is 9.88. The van der Waals surface area contributed by atoms with Crippen molar-refractivity contribution in [3.63, 3.8) is 0 Å². The van der Waals surface area contributed by atoms with Crippen LogP contribution in [-0.4, -0.2) is 38.9 Å². The molecule has 8 heteroatoms. The van der Waals surface area contributed by atoms with E-state index in [1.807, 2.05) is 0 Å². The Kier molecular flexibility index (Phi) is 2.84. The molecule has 0 radical (unpaired) electrons. The van der Waals surface area contributed by atoms with Gasteiger partial charge < -0.3 is 10.2 Å². The molecule has 0 aromatic heterocycles. The minimum atomic E-state index is -2.86. The van der Waals surface area contributed by atoms with E-state index in [-0.39, 0.29) is 0 Å². The van der Waals surface area contributed by atoms with Crippen LogP contribution < -0.4 is 0 Å². The lowest BCUT2D eigenvalue weighted by atomic mass is 10.2. The fourth-order valence-corrected chi connectivity index (χ4v) is 0.372. The first-order valence-electron chi connectivity index (χ1n) is 2.52. The van der Waals surface area contributed by atoms with Crippen molar-refractivity contribution in [3.8, 4) is 0 Å². The van der Waals surface area contributed by atoms with Gasteiger partial charge in [-0.05, 0) is 0 Å². The van der Waals surface area contributed by atoms with Crippen molar-refractivity contribution in [2.24, 2.45) is 0 Å². The van der Waals surface area contributed by atoms with E-state index in [4.69, 9.17) is 10.2 Å². The van der Waals surface area contributed by atoms with Crippen LogP contribution in [0.3, 0.4) is 0 Å². The second kappa shape index (κ2) is 3.21. The second-order valence-electron chi connectivity index (χ2n) is 1.89. The van der Waals surface area contributed by atoms with E-state index in [0.29, 0.717) is 0 Å². The van der Waals surface area contributed by atoms with Crippen LogP contribution >= 0.6 is 0 Å². The minimum absolute atomic E-state index is 1.07. The summed E-state index contributed by atoms with van der Waals surface area (Å²) in [5, 5.41) is 36.5. The Morgan fingerprint density at radius 2 is 1.82 bits per heavy atom. The molecule has 0 amide bonds. The summed E-state index contributed by atoms with van der Waals surface area (Å²) in [5.41, 5.74) is -2.86. The molecular formula is C3H6N2O6. The summed E-state index contributed by atoms with van der Waals surface area (Å²) in [6.07, 6.45) is 0. The molecule has 0 rings (SSSR count). The highest BCUT2D eigenvalue weighted by Crippen LogP contribution is 2.03. The number of nitro groups is 2. The lowest BCUT2D eigenvalue weighted by Gasteiger charge is -2.10. The van der Waals surface area contributed by atoms with Gasteiger partial charge in [0.25, 0.3) is 0 Å². The first-order valence-corrected chi connectivity index (χ1v) is 2.52. The van der Waals surface area contributed by atoms with Gasteiger partial charge in [-0.1, -0.05) is 0 Å². The molecule has 11 heavy (non-hydrogen) atoms. The number of rotatable bonds is 4. The summed E-state index contributed by atoms with van der Waals surface area (Å²) in [5.74, 6) is 0. The SMILES string of the molecule is O=[N+]([O-])CC(O)(CO)[N+](=O)[O-]. The molecule has 0 aromatic rings. The standard InChI is InChI=1S/C3H6N2O6/c6-2-3(7,5(10)11)1-4(8)9/h6-7H,1-2H2. The molecule has 0 bridgehead atoms. The molecular weight excluding hydrogens is 160 g/mol. The van der Waals surface area contributed by atoms with E-state index in [1.54, 1.807) is 0 Å². The van der Waals surface area contributed by atoms with Crippen molar-refractivity contribution in [3.05, 3.63) is 20.2 Å². The summed E-state index contributed by atoms with van der Waals surface area (Å²) >= 11 is 0. The molecule has 8 nitrogen and oxygen atoms in total. The summed E-state index contributed by atoms with van der Waals surface area (Å²) in [6.45, 7) is -2.59. The number of aliphatic hydroxyl groups excluding tert-OH is 1. The Morgan fingerprint density at radius 3 is 1.91 bits per heavy atom.